The summed E-state index contributed by atoms with van der Waals surface area (Å²) in [6.07, 6.45) is 0.929. The minimum absolute atomic E-state index is 0.258. The third-order valence-corrected chi connectivity index (χ3v) is 3.98. The molecular weight excluding hydrogens is 256 g/mol. The molecule has 0 saturated heterocycles. The van der Waals surface area contributed by atoms with Gasteiger partial charge in [0.05, 0.1) is 6.04 Å². The number of benzene rings is 1. The third-order valence-electron chi connectivity index (χ3n) is 3.98. The maximum atomic E-state index is 12.2. The predicted octanol–water partition coefficient (Wildman–Crippen LogP) is 1.07. The first kappa shape index (κ1) is 14.5. The Hall–Kier alpha value is -1.88. The van der Waals surface area contributed by atoms with Crippen molar-refractivity contribution in [1.82, 2.24) is 10.6 Å². The molecular formula is C15H20N2O3. The Balaban J connectivity index is 2.07. The van der Waals surface area contributed by atoms with Gasteiger partial charge in [0, 0.05) is 6.54 Å². The lowest BCUT2D eigenvalue weighted by Gasteiger charge is -2.30. The van der Waals surface area contributed by atoms with Crippen LogP contribution in [0.15, 0.2) is 24.3 Å². The Kier molecular flexibility index (Phi) is 4.09. The van der Waals surface area contributed by atoms with Gasteiger partial charge in [-0.2, -0.15) is 0 Å². The molecule has 2 atom stereocenters. The maximum absolute atomic E-state index is 12.2. The number of aliphatic carboxylic acids is 1. The number of amides is 1. The van der Waals surface area contributed by atoms with Crippen LogP contribution in [0.3, 0.4) is 0 Å². The summed E-state index contributed by atoms with van der Waals surface area (Å²) in [6.45, 7) is 3.91. The molecule has 108 valence electrons. The lowest BCUT2D eigenvalue weighted by molar-refractivity contribution is -0.147. The van der Waals surface area contributed by atoms with Gasteiger partial charge in [-0.3, -0.25) is 4.79 Å². The van der Waals surface area contributed by atoms with E-state index >= 15 is 0 Å². The van der Waals surface area contributed by atoms with Crippen molar-refractivity contribution in [2.45, 2.75) is 44.8 Å². The summed E-state index contributed by atoms with van der Waals surface area (Å²) in [5.41, 5.74) is 1.11. The molecule has 20 heavy (non-hydrogen) atoms. The van der Waals surface area contributed by atoms with Crippen LogP contribution >= 0.6 is 0 Å². The number of carbonyl (C=O) groups is 2. The number of fused-ring (bicyclic) bond motifs is 1. The van der Waals surface area contributed by atoms with E-state index in [1.807, 2.05) is 24.3 Å². The number of carboxylic acid groups (broad SMARTS) is 1. The summed E-state index contributed by atoms with van der Waals surface area (Å²) in [5, 5.41) is 15.0. The van der Waals surface area contributed by atoms with E-state index in [0.717, 1.165) is 5.56 Å². The molecule has 0 spiro atoms. The Morgan fingerprint density at radius 3 is 2.65 bits per heavy atom. The lowest BCUT2D eigenvalue weighted by Crippen LogP contribution is -2.58. The van der Waals surface area contributed by atoms with Gasteiger partial charge >= 0.3 is 5.97 Å². The molecule has 3 N–H and O–H groups in total. The second kappa shape index (κ2) is 5.63. The minimum atomic E-state index is -1.21. The van der Waals surface area contributed by atoms with E-state index in [9.17, 15) is 14.7 Å². The molecule has 1 aliphatic rings. The number of hydrogen-bond donors (Lipinski definition) is 3. The van der Waals surface area contributed by atoms with E-state index in [4.69, 9.17) is 0 Å². The number of carboxylic acids is 1. The molecule has 0 aromatic heterocycles. The van der Waals surface area contributed by atoms with Crippen molar-refractivity contribution >= 4 is 11.9 Å². The summed E-state index contributed by atoms with van der Waals surface area (Å²) < 4.78 is 0. The molecule has 2 rings (SSSR count). The van der Waals surface area contributed by atoms with Crippen molar-refractivity contribution in [1.29, 1.82) is 0 Å². The highest BCUT2D eigenvalue weighted by Gasteiger charge is 2.35. The van der Waals surface area contributed by atoms with E-state index in [2.05, 4.69) is 10.6 Å². The molecule has 0 aliphatic carbocycles. The average molecular weight is 276 g/mol. The second-order valence-electron chi connectivity index (χ2n) is 5.39. The Bertz CT molecular complexity index is 530. The zero-order valence-electron chi connectivity index (χ0n) is 11.8. The topological polar surface area (TPSA) is 78.4 Å². The standard InChI is InChI=1S/C15H20N2O3/c1-3-15(2,14(19)20)17-13(18)12-8-10-6-4-5-7-11(10)9-16-12/h4-7,12,16H,3,8-9H2,1-2H3,(H,17,18)(H,19,20). The van der Waals surface area contributed by atoms with Crippen LogP contribution in [0.1, 0.15) is 31.4 Å². The molecule has 5 nitrogen and oxygen atoms in total. The highest BCUT2D eigenvalue weighted by molar-refractivity contribution is 5.89. The summed E-state index contributed by atoms with van der Waals surface area (Å²) in [5.74, 6) is -1.27. The smallest absolute Gasteiger partial charge is 0.329 e. The van der Waals surface area contributed by atoms with E-state index in [1.165, 1.54) is 12.5 Å². The molecule has 1 aromatic carbocycles. The molecule has 0 saturated carbocycles. The number of rotatable bonds is 4. The summed E-state index contributed by atoms with van der Waals surface area (Å²) in [6, 6.07) is 7.58. The highest BCUT2D eigenvalue weighted by Crippen LogP contribution is 2.17. The fourth-order valence-corrected chi connectivity index (χ4v) is 2.29. The Morgan fingerprint density at radius 1 is 1.40 bits per heavy atom. The predicted molar refractivity (Wildman–Crippen MR) is 75.2 cm³/mol. The molecule has 1 heterocycles. The molecule has 1 aromatic rings. The van der Waals surface area contributed by atoms with Crippen molar-refractivity contribution < 1.29 is 14.7 Å². The first-order chi connectivity index (χ1) is 9.46. The van der Waals surface area contributed by atoms with Crippen LogP contribution in [0.5, 0.6) is 0 Å². The van der Waals surface area contributed by atoms with Crippen molar-refractivity contribution in [3.8, 4) is 0 Å². The van der Waals surface area contributed by atoms with Crippen molar-refractivity contribution in [3.63, 3.8) is 0 Å². The summed E-state index contributed by atoms with van der Waals surface area (Å²) in [4.78, 5) is 23.5. The van der Waals surface area contributed by atoms with Gasteiger partial charge in [-0.05, 0) is 30.9 Å². The normalized spacial score (nSPS) is 20.6. The summed E-state index contributed by atoms with van der Waals surface area (Å²) >= 11 is 0. The Morgan fingerprint density at radius 2 is 2.05 bits per heavy atom. The average Bonchev–Trinajstić information content (AvgIpc) is 2.46. The van der Waals surface area contributed by atoms with Crippen LogP contribution in [0.2, 0.25) is 0 Å². The van der Waals surface area contributed by atoms with Gasteiger partial charge in [0.1, 0.15) is 5.54 Å². The Labute approximate surface area is 118 Å². The molecule has 0 radical (unpaired) electrons. The van der Waals surface area contributed by atoms with Crippen LogP contribution in [0.25, 0.3) is 0 Å². The van der Waals surface area contributed by atoms with Crippen molar-refractivity contribution in [2.24, 2.45) is 0 Å². The van der Waals surface area contributed by atoms with Gasteiger partial charge in [0.25, 0.3) is 0 Å². The zero-order valence-corrected chi connectivity index (χ0v) is 11.8. The van der Waals surface area contributed by atoms with E-state index in [-0.39, 0.29) is 11.9 Å². The van der Waals surface area contributed by atoms with Gasteiger partial charge in [-0.25, -0.2) is 4.79 Å². The van der Waals surface area contributed by atoms with Gasteiger partial charge < -0.3 is 15.7 Å². The third kappa shape index (κ3) is 2.82. The SMILES string of the molecule is CCC(C)(NC(=O)C1Cc2ccccc2CN1)C(=O)O. The molecule has 1 aliphatic heterocycles. The lowest BCUT2D eigenvalue weighted by atomic mass is 9.93. The second-order valence-corrected chi connectivity index (χ2v) is 5.39. The van der Waals surface area contributed by atoms with Crippen LogP contribution in [0, 0.1) is 0 Å². The number of hydrogen-bond acceptors (Lipinski definition) is 3. The summed E-state index contributed by atoms with van der Waals surface area (Å²) in [7, 11) is 0. The van der Waals surface area contributed by atoms with E-state index in [1.54, 1.807) is 6.92 Å². The highest BCUT2D eigenvalue weighted by atomic mass is 16.4. The van der Waals surface area contributed by atoms with Crippen LogP contribution in [-0.4, -0.2) is 28.6 Å². The van der Waals surface area contributed by atoms with Crippen molar-refractivity contribution in [2.75, 3.05) is 0 Å². The van der Waals surface area contributed by atoms with Crippen LogP contribution in [-0.2, 0) is 22.6 Å². The molecule has 0 fully saturated rings. The van der Waals surface area contributed by atoms with E-state index < -0.39 is 11.5 Å². The van der Waals surface area contributed by atoms with Crippen LogP contribution < -0.4 is 10.6 Å². The van der Waals surface area contributed by atoms with Gasteiger partial charge in [0.15, 0.2) is 0 Å². The monoisotopic (exact) mass is 276 g/mol. The maximum Gasteiger partial charge on any atom is 0.329 e. The van der Waals surface area contributed by atoms with E-state index in [0.29, 0.717) is 19.4 Å². The van der Waals surface area contributed by atoms with Crippen molar-refractivity contribution in [3.05, 3.63) is 35.4 Å². The minimum Gasteiger partial charge on any atom is -0.480 e. The molecule has 2 unspecified atom stereocenters. The van der Waals surface area contributed by atoms with Crippen LogP contribution in [0.4, 0.5) is 0 Å². The zero-order chi connectivity index (χ0) is 14.8. The first-order valence-corrected chi connectivity index (χ1v) is 6.82. The van der Waals surface area contributed by atoms with Gasteiger partial charge in [-0.15, -0.1) is 0 Å². The molecule has 5 heteroatoms. The number of carbonyl (C=O) groups excluding carboxylic acids is 1. The van der Waals surface area contributed by atoms with Gasteiger partial charge in [0.2, 0.25) is 5.91 Å². The largest absolute Gasteiger partial charge is 0.480 e. The fourth-order valence-electron chi connectivity index (χ4n) is 2.29. The number of nitrogens with one attached hydrogen (secondary N) is 2. The van der Waals surface area contributed by atoms with Gasteiger partial charge in [-0.1, -0.05) is 31.2 Å². The quantitative estimate of drug-likeness (QED) is 0.768. The first-order valence-electron chi connectivity index (χ1n) is 6.82. The molecule has 0 bridgehead atoms. The molecule has 1 amide bonds. The fraction of sp³-hybridized carbons (Fsp3) is 0.467.